The van der Waals surface area contributed by atoms with Gasteiger partial charge in [-0.05, 0) is 29.8 Å². The molecule has 1 nitrogen and oxygen atoms in total. The first-order chi connectivity index (χ1) is 8.97. The Hall–Kier alpha value is -1.39. The number of alkyl halides is 2. The lowest BCUT2D eigenvalue weighted by molar-refractivity contribution is -0.0521. The number of benzene rings is 2. The van der Waals surface area contributed by atoms with Crippen molar-refractivity contribution in [3.05, 3.63) is 52.3 Å². The standard InChI is InChI=1S/C13H7Cl2F3O/c14-8-2-3-9(10(15)6-8)7-1-4-12(11(16)5-7)19-13(17)18/h1-6,13H. The van der Waals surface area contributed by atoms with E-state index < -0.39 is 18.2 Å². The normalized spacial score (nSPS) is 10.8. The molecular formula is C13H7Cl2F3O. The van der Waals surface area contributed by atoms with E-state index in [-0.39, 0.29) is 0 Å². The SMILES string of the molecule is Fc1cc(-c2ccc(Cl)cc2Cl)ccc1OC(F)F. The predicted octanol–water partition coefficient (Wildman–Crippen LogP) is 5.40. The third-order valence-electron chi connectivity index (χ3n) is 2.39. The Kier molecular flexibility index (Phi) is 4.22. The zero-order chi connectivity index (χ0) is 14.0. The molecule has 0 aromatic heterocycles. The molecule has 0 bridgehead atoms. The van der Waals surface area contributed by atoms with Crippen LogP contribution in [-0.4, -0.2) is 6.61 Å². The first-order valence-corrected chi connectivity index (χ1v) is 5.93. The molecule has 0 aliphatic heterocycles. The molecule has 0 saturated heterocycles. The van der Waals surface area contributed by atoms with Crippen molar-refractivity contribution in [3.8, 4) is 16.9 Å². The van der Waals surface area contributed by atoms with E-state index in [9.17, 15) is 13.2 Å². The second-order valence-electron chi connectivity index (χ2n) is 3.65. The van der Waals surface area contributed by atoms with Crippen molar-refractivity contribution in [1.82, 2.24) is 0 Å². The van der Waals surface area contributed by atoms with Gasteiger partial charge >= 0.3 is 6.61 Å². The number of hydrogen-bond acceptors (Lipinski definition) is 1. The monoisotopic (exact) mass is 306 g/mol. The summed E-state index contributed by atoms with van der Waals surface area (Å²) in [4.78, 5) is 0. The average molecular weight is 307 g/mol. The minimum absolute atomic E-state index is 0.342. The number of rotatable bonds is 3. The van der Waals surface area contributed by atoms with Crippen molar-refractivity contribution < 1.29 is 17.9 Å². The molecule has 0 radical (unpaired) electrons. The highest BCUT2D eigenvalue weighted by molar-refractivity contribution is 6.36. The molecule has 0 unspecified atom stereocenters. The Balaban J connectivity index is 2.39. The van der Waals surface area contributed by atoms with Crippen LogP contribution in [0.5, 0.6) is 5.75 Å². The first-order valence-electron chi connectivity index (χ1n) is 5.17. The van der Waals surface area contributed by atoms with Crippen LogP contribution < -0.4 is 4.74 Å². The molecule has 0 fully saturated rings. The van der Waals surface area contributed by atoms with Crippen LogP contribution >= 0.6 is 23.2 Å². The smallest absolute Gasteiger partial charge is 0.387 e. The Morgan fingerprint density at radius 1 is 1.00 bits per heavy atom. The lowest BCUT2D eigenvalue weighted by atomic mass is 10.1. The summed E-state index contributed by atoms with van der Waals surface area (Å²) in [5, 5.41) is 0.793. The molecule has 19 heavy (non-hydrogen) atoms. The molecule has 0 heterocycles. The van der Waals surface area contributed by atoms with E-state index in [1.54, 1.807) is 12.1 Å². The van der Waals surface area contributed by atoms with E-state index in [0.717, 1.165) is 12.1 Å². The van der Waals surface area contributed by atoms with E-state index in [0.29, 0.717) is 21.2 Å². The van der Waals surface area contributed by atoms with Gasteiger partial charge in [0.25, 0.3) is 0 Å². The van der Waals surface area contributed by atoms with Crippen molar-refractivity contribution in [3.63, 3.8) is 0 Å². The Morgan fingerprint density at radius 3 is 2.32 bits per heavy atom. The molecule has 0 amide bonds. The second kappa shape index (κ2) is 5.72. The summed E-state index contributed by atoms with van der Waals surface area (Å²) in [7, 11) is 0. The lowest BCUT2D eigenvalue weighted by Crippen LogP contribution is -2.03. The lowest BCUT2D eigenvalue weighted by Gasteiger charge is -2.09. The molecule has 2 aromatic rings. The van der Waals surface area contributed by atoms with Crippen LogP contribution in [0.2, 0.25) is 10.0 Å². The summed E-state index contributed by atoms with van der Waals surface area (Å²) in [6.45, 7) is -3.07. The van der Waals surface area contributed by atoms with E-state index in [2.05, 4.69) is 4.74 Å². The van der Waals surface area contributed by atoms with Crippen LogP contribution in [0.15, 0.2) is 36.4 Å². The van der Waals surface area contributed by atoms with Crippen LogP contribution in [0.25, 0.3) is 11.1 Å². The van der Waals surface area contributed by atoms with Crippen molar-refractivity contribution in [2.24, 2.45) is 0 Å². The van der Waals surface area contributed by atoms with Gasteiger partial charge in [-0.1, -0.05) is 35.3 Å². The third-order valence-corrected chi connectivity index (χ3v) is 2.94. The molecule has 0 spiro atoms. The quantitative estimate of drug-likeness (QED) is 0.737. The molecule has 0 saturated carbocycles. The molecule has 2 aromatic carbocycles. The fraction of sp³-hybridized carbons (Fsp3) is 0.0769. The van der Waals surface area contributed by atoms with E-state index in [1.807, 2.05) is 0 Å². The third kappa shape index (κ3) is 3.33. The molecule has 6 heteroatoms. The van der Waals surface area contributed by atoms with E-state index in [1.165, 1.54) is 12.1 Å². The average Bonchev–Trinajstić information content (AvgIpc) is 2.31. The van der Waals surface area contributed by atoms with Gasteiger partial charge in [0.05, 0.1) is 0 Å². The highest BCUT2D eigenvalue weighted by atomic mass is 35.5. The number of ether oxygens (including phenoxy) is 1. The maximum absolute atomic E-state index is 13.6. The van der Waals surface area contributed by atoms with Crippen LogP contribution in [0, 0.1) is 5.82 Å². The molecule has 0 N–H and O–H groups in total. The summed E-state index contributed by atoms with van der Waals surface area (Å²) < 4.78 is 41.6. The largest absolute Gasteiger partial charge is 0.432 e. The van der Waals surface area contributed by atoms with Crippen molar-refractivity contribution in [2.45, 2.75) is 6.61 Å². The van der Waals surface area contributed by atoms with Gasteiger partial charge in [-0.3, -0.25) is 0 Å². The Morgan fingerprint density at radius 2 is 1.74 bits per heavy atom. The van der Waals surface area contributed by atoms with Crippen molar-refractivity contribution in [1.29, 1.82) is 0 Å². The Labute approximate surface area is 117 Å². The van der Waals surface area contributed by atoms with Gasteiger partial charge in [0, 0.05) is 15.6 Å². The molecular weight excluding hydrogens is 300 g/mol. The van der Waals surface area contributed by atoms with Gasteiger partial charge in [0.1, 0.15) is 0 Å². The van der Waals surface area contributed by atoms with Gasteiger partial charge in [-0.15, -0.1) is 0 Å². The summed E-state index contributed by atoms with van der Waals surface area (Å²) >= 11 is 11.7. The molecule has 0 aliphatic carbocycles. The highest BCUT2D eigenvalue weighted by Crippen LogP contribution is 2.32. The van der Waals surface area contributed by atoms with E-state index in [4.69, 9.17) is 23.2 Å². The summed E-state index contributed by atoms with van der Waals surface area (Å²) in [5.74, 6) is -1.40. The Bertz CT molecular complexity index is 602. The van der Waals surface area contributed by atoms with Crippen LogP contribution in [0.3, 0.4) is 0 Å². The predicted molar refractivity (Wildman–Crippen MR) is 68.5 cm³/mol. The van der Waals surface area contributed by atoms with Gasteiger partial charge in [-0.2, -0.15) is 8.78 Å². The molecule has 0 aliphatic rings. The molecule has 0 atom stereocenters. The number of hydrogen-bond donors (Lipinski definition) is 0. The van der Waals surface area contributed by atoms with Gasteiger partial charge in [-0.25, -0.2) is 4.39 Å². The second-order valence-corrected chi connectivity index (χ2v) is 4.49. The van der Waals surface area contributed by atoms with Gasteiger partial charge < -0.3 is 4.74 Å². The highest BCUT2D eigenvalue weighted by Gasteiger charge is 2.12. The van der Waals surface area contributed by atoms with Crippen molar-refractivity contribution in [2.75, 3.05) is 0 Å². The molecule has 100 valence electrons. The topological polar surface area (TPSA) is 9.23 Å². The van der Waals surface area contributed by atoms with Crippen LogP contribution in [0.1, 0.15) is 0 Å². The first kappa shape index (κ1) is 14.0. The minimum Gasteiger partial charge on any atom is -0.432 e. The fourth-order valence-corrected chi connectivity index (χ4v) is 2.10. The zero-order valence-electron chi connectivity index (χ0n) is 9.34. The maximum atomic E-state index is 13.6. The van der Waals surface area contributed by atoms with Gasteiger partial charge in [0.15, 0.2) is 11.6 Å². The number of halogens is 5. The van der Waals surface area contributed by atoms with Gasteiger partial charge in [0.2, 0.25) is 0 Å². The minimum atomic E-state index is -3.07. The van der Waals surface area contributed by atoms with Crippen LogP contribution in [-0.2, 0) is 0 Å². The summed E-state index contributed by atoms with van der Waals surface area (Å²) in [6.07, 6.45) is 0. The van der Waals surface area contributed by atoms with E-state index >= 15 is 0 Å². The fourth-order valence-electron chi connectivity index (χ4n) is 1.58. The van der Waals surface area contributed by atoms with Crippen molar-refractivity contribution >= 4 is 23.2 Å². The summed E-state index contributed by atoms with van der Waals surface area (Å²) in [6, 6.07) is 8.38. The summed E-state index contributed by atoms with van der Waals surface area (Å²) in [5.41, 5.74) is 0.995. The maximum Gasteiger partial charge on any atom is 0.387 e. The molecule has 2 rings (SSSR count). The van der Waals surface area contributed by atoms with Crippen LogP contribution in [0.4, 0.5) is 13.2 Å². The zero-order valence-corrected chi connectivity index (χ0v) is 10.9.